The lowest BCUT2D eigenvalue weighted by molar-refractivity contribution is -0.124. The Bertz CT molecular complexity index is 1050. The minimum absolute atomic E-state index is 0.350. The summed E-state index contributed by atoms with van der Waals surface area (Å²) >= 11 is 1.77. The number of nitrogens with two attached hydrogens (primary N) is 1. The summed E-state index contributed by atoms with van der Waals surface area (Å²) in [7, 11) is 0. The van der Waals surface area contributed by atoms with Crippen molar-refractivity contribution < 1.29 is 9.53 Å². The molecule has 1 aliphatic carbocycles. The van der Waals surface area contributed by atoms with Crippen molar-refractivity contribution in [3.63, 3.8) is 0 Å². The quantitative estimate of drug-likeness (QED) is 0.754. The molecule has 1 aliphatic heterocycles. The highest BCUT2D eigenvalue weighted by molar-refractivity contribution is 7.19. The van der Waals surface area contributed by atoms with E-state index in [1.54, 1.807) is 11.3 Å². The lowest BCUT2D eigenvalue weighted by Gasteiger charge is -2.34. The fourth-order valence-corrected chi connectivity index (χ4v) is 5.16. The number of carbonyl (C=O) groups is 1. The van der Waals surface area contributed by atoms with E-state index in [2.05, 4.69) is 9.88 Å². The van der Waals surface area contributed by atoms with Crippen molar-refractivity contribution in [2.45, 2.75) is 32.3 Å². The largest absolute Gasteiger partial charge is 0.477 e. The van der Waals surface area contributed by atoms with E-state index < -0.39 is 12.0 Å². The molecule has 132 valence electrons. The molecular weight excluding hydrogens is 348 g/mol. The molecule has 0 bridgehead atoms. The van der Waals surface area contributed by atoms with Crippen molar-refractivity contribution in [3.8, 4) is 5.75 Å². The van der Waals surface area contributed by atoms with Crippen LogP contribution in [0, 0.1) is 6.92 Å². The molecule has 0 saturated carbocycles. The van der Waals surface area contributed by atoms with Crippen molar-refractivity contribution >= 4 is 39.0 Å². The molecule has 2 N–H and O–H groups in total. The number of hydrogen-bond donors (Lipinski definition) is 1. The Kier molecular flexibility index (Phi) is 3.40. The van der Waals surface area contributed by atoms with Gasteiger partial charge in [-0.3, -0.25) is 4.79 Å². The molecule has 0 radical (unpaired) electrons. The Labute approximate surface area is 154 Å². The summed E-state index contributed by atoms with van der Waals surface area (Å²) in [6.07, 6.45) is 2.63. The molecule has 7 heteroatoms. The van der Waals surface area contributed by atoms with Gasteiger partial charge in [0, 0.05) is 4.88 Å². The molecule has 2 aliphatic rings. The molecular formula is C19H18N4O2S. The monoisotopic (exact) mass is 366 g/mol. The van der Waals surface area contributed by atoms with Gasteiger partial charge in [0.15, 0.2) is 6.10 Å². The Hall–Kier alpha value is -2.67. The molecule has 0 saturated heterocycles. The number of ether oxygens (including phenoxy) is 1. The number of benzene rings is 1. The number of aryl methyl sites for hydroxylation is 3. The predicted molar refractivity (Wildman–Crippen MR) is 101 cm³/mol. The molecule has 2 aromatic heterocycles. The van der Waals surface area contributed by atoms with Gasteiger partial charge in [0.05, 0.1) is 17.6 Å². The number of hydrogen-bond acceptors (Lipinski definition) is 6. The smallest absolute Gasteiger partial charge is 0.260 e. The number of carbonyl (C=O) groups excluding carboxylic acids is 1. The van der Waals surface area contributed by atoms with Gasteiger partial charge in [0.25, 0.3) is 5.91 Å². The van der Waals surface area contributed by atoms with Crippen LogP contribution >= 0.6 is 11.3 Å². The van der Waals surface area contributed by atoms with Gasteiger partial charge in [0.2, 0.25) is 0 Å². The summed E-state index contributed by atoms with van der Waals surface area (Å²) in [6, 6.07) is 7.70. The van der Waals surface area contributed by atoms with E-state index in [0.29, 0.717) is 12.3 Å². The van der Waals surface area contributed by atoms with Crippen molar-refractivity contribution in [2.24, 2.45) is 5.73 Å². The average Bonchev–Trinajstić information content (AvgIpc) is 3.20. The number of aromatic nitrogens is 2. The molecule has 1 atom stereocenters. The maximum atomic E-state index is 11.8. The van der Waals surface area contributed by atoms with Gasteiger partial charge in [-0.1, -0.05) is 12.1 Å². The van der Waals surface area contributed by atoms with Crippen LogP contribution in [0.1, 0.15) is 22.7 Å². The summed E-state index contributed by atoms with van der Waals surface area (Å²) < 4.78 is 5.80. The number of fused-ring (bicyclic) bond motifs is 4. The van der Waals surface area contributed by atoms with Crippen LogP contribution in [0.15, 0.2) is 24.3 Å². The maximum absolute atomic E-state index is 11.8. The van der Waals surface area contributed by atoms with Gasteiger partial charge in [-0.25, -0.2) is 9.97 Å². The van der Waals surface area contributed by atoms with E-state index in [-0.39, 0.29) is 0 Å². The molecule has 0 spiro atoms. The number of rotatable bonds is 2. The summed E-state index contributed by atoms with van der Waals surface area (Å²) in [6.45, 7) is 2.26. The zero-order valence-corrected chi connectivity index (χ0v) is 15.2. The molecule has 3 aromatic rings. The van der Waals surface area contributed by atoms with E-state index in [4.69, 9.17) is 15.5 Å². The second kappa shape index (κ2) is 5.67. The van der Waals surface area contributed by atoms with Crippen LogP contribution in [0.2, 0.25) is 0 Å². The van der Waals surface area contributed by atoms with Gasteiger partial charge >= 0.3 is 0 Å². The lowest BCUT2D eigenvalue weighted by Crippen LogP contribution is -2.45. The molecule has 5 rings (SSSR count). The highest BCUT2D eigenvalue weighted by Gasteiger charge is 2.33. The highest BCUT2D eigenvalue weighted by Crippen LogP contribution is 2.44. The second-order valence-corrected chi connectivity index (χ2v) is 7.80. The van der Waals surface area contributed by atoms with Crippen LogP contribution in [0.5, 0.6) is 5.75 Å². The van der Waals surface area contributed by atoms with Gasteiger partial charge in [-0.05, 0) is 43.9 Å². The van der Waals surface area contributed by atoms with Crippen LogP contribution in [-0.2, 0) is 17.6 Å². The summed E-state index contributed by atoms with van der Waals surface area (Å²) in [4.78, 5) is 25.8. The fourth-order valence-electron chi connectivity index (χ4n) is 3.86. The highest BCUT2D eigenvalue weighted by atomic mass is 32.1. The molecule has 3 heterocycles. The second-order valence-electron chi connectivity index (χ2n) is 6.72. The first-order chi connectivity index (χ1) is 12.6. The van der Waals surface area contributed by atoms with Crippen LogP contribution in [0.25, 0.3) is 10.2 Å². The molecule has 1 aromatic carbocycles. The van der Waals surface area contributed by atoms with Crippen molar-refractivity contribution in [3.05, 3.63) is 40.5 Å². The number of para-hydroxylation sites is 2. The van der Waals surface area contributed by atoms with Gasteiger partial charge in [0.1, 0.15) is 22.2 Å². The average molecular weight is 366 g/mol. The fraction of sp³-hybridized carbons (Fsp3) is 0.316. The third kappa shape index (κ3) is 2.27. The van der Waals surface area contributed by atoms with Crippen molar-refractivity contribution in [1.29, 1.82) is 0 Å². The van der Waals surface area contributed by atoms with Gasteiger partial charge in [-0.15, -0.1) is 11.3 Å². The van der Waals surface area contributed by atoms with E-state index in [0.717, 1.165) is 40.4 Å². The lowest BCUT2D eigenvalue weighted by atomic mass is 10.1. The minimum Gasteiger partial charge on any atom is -0.477 e. The molecule has 6 nitrogen and oxygen atoms in total. The zero-order chi connectivity index (χ0) is 17.8. The molecule has 26 heavy (non-hydrogen) atoms. The number of thiophene rings is 1. The summed E-state index contributed by atoms with van der Waals surface area (Å²) in [5, 5.41) is 1.12. The third-order valence-corrected chi connectivity index (χ3v) is 6.19. The predicted octanol–water partition coefficient (Wildman–Crippen LogP) is 2.87. The van der Waals surface area contributed by atoms with Crippen LogP contribution < -0.4 is 15.4 Å². The minimum atomic E-state index is -0.707. The zero-order valence-electron chi connectivity index (χ0n) is 14.4. The van der Waals surface area contributed by atoms with E-state index >= 15 is 0 Å². The number of nitrogens with zero attached hydrogens (tertiary/aromatic N) is 3. The topological polar surface area (TPSA) is 81.3 Å². The van der Waals surface area contributed by atoms with Crippen LogP contribution in [0.3, 0.4) is 0 Å². The summed E-state index contributed by atoms with van der Waals surface area (Å²) in [5.74, 6) is 1.77. The Balaban J connectivity index is 1.75. The van der Waals surface area contributed by atoms with E-state index in [1.165, 1.54) is 16.9 Å². The Morgan fingerprint density at radius 2 is 2.15 bits per heavy atom. The molecule has 0 unspecified atom stereocenters. The van der Waals surface area contributed by atoms with Crippen molar-refractivity contribution in [2.75, 3.05) is 11.4 Å². The SMILES string of the molecule is Cc1nc(N2C[C@H](C(N)=O)Oc3ccccc32)c2c3c(sc2n1)CCC3. The van der Waals surface area contributed by atoms with E-state index in [1.807, 2.05) is 31.2 Å². The third-order valence-electron chi connectivity index (χ3n) is 5.00. The Morgan fingerprint density at radius 1 is 1.31 bits per heavy atom. The standard InChI is InChI=1S/C19H18N4O2S/c1-10-21-18(16-11-5-4-8-15(11)26-19(16)22-10)23-9-14(17(20)24)25-13-7-3-2-6-12(13)23/h2-3,6-7,14H,4-5,8-9H2,1H3,(H2,20,24)/t14-/m1/s1. The Morgan fingerprint density at radius 3 is 3.00 bits per heavy atom. The molecule has 0 fully saturated rings. The maximum Gasteiger partial charge on any atom is 0.260 e. The first-order valence-corrected chi connectivity index (χ1v) is 9.55. The van der Waals surface area contributed by atoms with Gasteiger partial charge < -0.3 is 15.4 Å². The first-order valence-electron chi connectivity index (χ1n) is 8.73. The number of primary amides is 1. The van der Waals surface area contributed by atoms with Crippen molar-refractivity contribution in [1.82, 2.24) is 9.97 Å². The van der Waals surface area contributed by atoms with Crippen LogP contribution in [-0.4, -0.2) is 28.5 Å². The normalized spacial score (nSPS) is 18.5. The molecule has 1 amide bonds. The number of anilines is 2. The summed E-state index contributed by atoms with van der Waals surface area (Å²) in [5.41, 5.74) is 7.82. The number of amides is 1. The first kappa shape index (κ1) is 15.6. The van der Waals surface area contributed by atoms with Crippen LogP contribution in [0.4, 0.5) is 11.5 Å². The van der Waals surface area contributed by atoms with E-state index in [9.17, 15) is 4.79 Å². The van der Waals surface area contributed by atoms with Gasteiger partial charge in [-0.2, -0.15) is 0 Å².